The number of nitrogens with two attached hydrogens (primary N) is 1. The Kier molecular flexibility index (Phi) is 4.00. The number of nitrogen functional groups attached to an aromatic ring is 1. The average Bonchev–Trinajstić information content (AvgIpc) is 2.91. The number of thiophene rings is 1. The van der Waals surface area contributed by atoms with E-state index in [1.807, 2.05) is 19.1 Å². The van der Waals surface area contributed by atoms with Gasteiger partial charge in [-0.3, -0.25) is 9.88 Å². The summed E-state index contributed by atoms with van der Waals surface area (Å²) in [6.07, 6.45) is 0.0181. The minimum absolute atomic E-state index is 0.0181. The number of ether oxygens (including phenoxy) is 1. The molecule has 0 unspecified atom stereocenters. The molecular weight excluding hydrogens is 270 g/mol. The maximum Gasteiger partial charge on any atom is 0.112 e. The summed E-state index contributed by atoms with van der Waals surface area (Å²) in [5, 5.41) is 4.32. The lowest BCUT2D eigenvalue weighted by Gasteiger charge is -2.32. The van der Waals surface area contributed by atoms with Crippen molar-refractivity contribution in [3.63, 3.8) is 0 Å². The van der Waals surface area contributed by atoms with Crippen molar-refractivity contribution in [2.24, 2.45) is 0 Å². The number of morpholine rings is 1. The van der Waals surface area contributed by atoms with Crippen LogP contribution in [0.5, 0.6) is 0 Å². The summed E-state index contributed by atoms with van der Waals surface area (Å²) >= 11 is 1.74. The predicted molar refractivity (Wildman–Crippen MR) is 81.7 cm³/mol. The zero-order chi connectivity index (χ0) is 13.9. The highest BCUT2D eigenvalue weighted by Gasteiger charge is 2.23. The molecule has 4 nitrogen and oxygen atoms in total. The second kappa shape index (κ2) is 5.91. The summed E-state index contributed by atoms with van der Waals surface area (Å²) in [6.45, 7) is 5.51. The molecule has 2 N–H and O–H groups in total. The maximum absolute atomic E-state index is 5.90. The highest BCUT2D eigenvalue weighted by Crippen LogP contribution is 2.24. The molecular formula is C15H19N3OS. The van der Waals surface area contributed by atoms with Crippen LogP contribution in [0.25, 0.3) is 0 Å². The van der Waals surface area contributed by atoms with Gasteiger partial charge in [-0.25, -0.2) is 0 Å². The first-order valence-corrected chi connectivity index (χ1v) is 7.74. The Morgan fingerprint density at radius 2 is 2.40 bits per heavy atom. The van der Waals surface area contributed by atoms with Crippen LogP contribution in [-0.4, -0.2) is 29.6 Å². The van der Waals surface area contributed by atoms with Gasteiger partial charge < -0.3 is 10.5 Å². The van der Waals surface area contributed by atoms with Crippen LogP contribution in [0.2, 0.25) is 0 Å². The van der Waals surface area contributed by atoms with Crippen molar-refractivity contribution < 1.29 is 4.74 Å². The molecule has 3 heterocycles. The van der Waals surface area contributed by atoms with Crippen molar-refractivity contribution in [1.29, 1.82) is 0 Å². The van der Waals surface area contributed by atoms with Crippen LogP contribution in [0.4, 0.5) is 5.69 Å². The lowest BCUT2D eigenvalue weighted by molar-refractivity contribution is -0.0349. The third-order valence-electron chi connectivity index (χ3n) is 3.46. The van der Waals surface area contributed by atoms with E-state index in [0.29, 0.717) is 0 Å². The Morgan fingerprint density at radius 3 is 3.15 bits per heavy atom. The molecule has 0 saturated carbocycles. The summed E-state index contributed by atoms with van der Waals surface area (Å²) in [5.74, 6) is 0. The number of nitrogens with zero attached hydrogens (tertiary/aromatic N) is 2. The Labute approximate surface area is 123 Å². The Balaban J connectivity index is 1.71. The van der Waals surface area contributed by atoms with Gasteiger partial charge in [0.15, 0.2) is 0 Å². The van der Waals surface area contributed by atoms with E-state index in [2.05, 4.69) is 26.7 Å². The fraction of sp³-hybridized carbons (Fsp3) is 0.400. The zero-order valence-corrected chi connectivity index (χ0v) is 12.4. The summed E-state index contributed by atoms with van der Waals surface area (Å²) < 4.78 is 5.87. The van der Waals surface area contributed by atoms with Crippen molar-refractivity contribution >= 4 is 17.0 Å². The number of hydrogen-bond acceptors (Lipinski definition) is 5. The Morgan fingerprint density at radius 1 is 1.50 bits per heavy atom. The van der Waals surface area contributed by atoms with Gasteiger partial charge in [0.05, 0.1) is 12.3 Å². The van der Waals surface area contributed by atoms with Crippen LogP contribution in [0.3, 0.4) is 0 Å². The smallest absolute Gasteiger partial charge is 0.112 e. The van der Waals surface area contributed by atoms with E-state index in [4.69, 9.17) is 10.5 Å². The molecule has 0 aliphatic carbocycles. The quantitative estimate of drug-likeness (QED) is 0.943. The summed E-state index contributed by atoms with van der Waals surface area (Å²) in [5.41, 5.74) is 9.91. The van der Waals surface area contributed by atoms with Crippen LogP contribution in [-0.2, 0) is 11.3 Å². The minimum atomic E-state index is 0.0181. The van der Waals surface area contributed by atoms with Gasteiger partial charge >= 0.3 is 0 Å². The summed E-state index contributed by atoms with van der Waals surface area (Å²) in [6, 6.07) is 5.99. The van der Waals surface area contributed by atoms with Gasteiger partial charge in [-0.05, 0) is 41.4 Å². The van der Waals surface area contributed by atoms with Crippen LogP contribution < -0.4 is 5.73 Å². The number of aryl methyl sites for hydroxylation is 1. The molecule has 2 aromatic heterocycles. The van der Waals surface area contributed by atoms with Crippen molar-refractivity contribution in [2.75, 3.05) is 25.4 Å². The lowest BCUT2D eigenvalue weighted by Crippen LogP contribution is -2.38. The van der Waals surface area contributed by atoms with Crippen LogP contribution in [0.15, 0.2) is 29.0 Å². The van der Waals surface area contributed by atoms with E-state index in [0.717, 1.165) is 43.3 Å². The van der Waals surface area contributed by atoms with Gasteiger partial charge in [0.1, 0.15) is 6.10 Å². The zero-order valence-electron chi connectivity index (χ0n) is 11.6. The second-order valence-electron chi connectivity index (χ2n) is 5.19. The van der Waals surface area contributed by atoms with Gasteiger partial charge in [-0.2, -0.15) is 11.3 Å². The number of anilines is 1. The standard InChI is InChI=1S/C15H19N3OS/c1-11-6-13(16)7-14(17-11)15-9-18(3-4-19-15)8-12-2-5-20-10-12/h2,5-7,10,15H,3-4,8-9H2,1H3,(H2,16,17)/t15-/m1/s1. The molecule has 0 spiro atoms. The van der Waals surface area contributed by atoms with Crippen molar-refractivity contribution in [2.45, 2.75) is 19.6 Å². The fourth-order valence-corrected chi connectivity index (χ4v) is 3.21. The maximum atomic E-state index is 5.90. The predicted octanol–water partition coefficient (Wildman–Crippen LogP) is 2.61. The molecule has 1 atom stereocenters. The SMILES string of the molecule is Cc1cc(N)cc([C@H]2CN(Cc3ccsc3)CCO2)n1. The first-order chi connectivity index (χ1) is 9.70. The topological polar surface area (TPSA) is 51.4 Å². The van der Waals surface area contributed by atoms with Crippen LogP contribution in [0, 0.1) is 6.92 Å². The third kappa shape index (κ3) is 3.17. The molecule has 106 valence electrons. The fourth-order valence-electron chi connectivity index (χ4n) is 2.55. The molecule has 1 aliphatic rings. The van der Waals surface area contributed by atoms with Crippen molar-refractivity contribution in [3.05, 3.63) is 45.9 Å². The monoisotopic (exact) mass is 289 g/mol. The van der Waals surface area contributed by atoms with Gasteiger partial charge in [-0.1, -0.05) is 0 Å². The molecule has 5 heteroatoms. The van der Waals surface area contributed by atoms with Crippen LogP contribution in [0.1, 0.15) is 23.1 Å². The number of hydrogen-bond donors (Lipinski definition) is 1. The molecule has 20 heavy (non-hydrogen) atoms. The van der Waals surface area contributed by atoms with E-state index in [9.17, 15) is 0 Å². The highest BCUT2D eigenvalue weighted by molar-refractivity contribution is 7.07. The first kappa shape index (κ1) is 13.5. The van der Waals surface area contributed by atoms with E-state index in [-0.39, 0.29) is 6.10 Å². The normalized spacial score (nSPS) is 20.1. The molecule has 0 amide bonds. The first-order valence-electron chi connectivity index (χ1n) is 6.80. The van der Waals surface area contributed by atoms with E-state index in [1.165, 1.54) is 5.56 Å². The average molecular weight is 289 g/mol. The molecule has 3 rings (SSSR count). The number of pyridine rings is 1. The molecule has 1 fully saturated rings. The molecule has 2 aromatic rings. The van der Waals surface area contributed by atoms with E-state index < -0.39 is 0 Å². The number of aromatic nitrogens is 1. The molecule has 1 aliphatic heterocycles. The van der Waals surface area contributed by atoms with E-state index in [1.54, 1.807) is 11.3 Å². The third-order valence-corrected chi connectivity index (χ3v) is 4.19. The second-order valence-corrected chi connectivity index (χ2v) is 5.97. The molecule has 0 bridgehead atoms. The van der Waals surface area contributed by atoms with Gasteiger partial charge in [0.2, 0.25) is 0 Å². The van der Waals surface area contributed by atoms with Crippen molar-refractivity contribution in [3.8, 4) is 0 Å². The summed E-state index contributed by atoms with van der Waals surface area (Å²) in [7, 11) is 0. The largest absolute Gasteiger partial charge is 0.399 e. The minimum Gasteiger partial charge on any atom is -0.399 e. The van der Waals surface area contributed by atoms with Gasteiger partial charge in [0.25, 0.3) is 0 Å². The van der Waals surface area contributed by atoms with Crippen LogP contribution >= 0.6 is 11.3 Å². The molecule has 0 radical (unpaired) electrons. The Bertz CT molecular complexity index is 550. The molecule has 1 saturated heterocycles. The number of rotatable bonds is 3. The lowest BCUT2D eigenvalue weighted by atomic mass is 10.1. The van der Waals surface area contributed by atoms with Crippen molar-refractivity contribution in [1.82, 2.24) is 9.88 Å². The summed E-state index contributed by atoms with van der Waals surface area (Å²) in [4.78, 5) is 6.97. The van der Waals surface area contributed by atoms with E-state index >= 15 is 0 Å². The van der Waals surface area contributed by atoms with Gasteiger partial charge in [-0.15, -0.1) is 0 Å². The Hall–Kier alpha value is -1.43. The van der Waals surface area contributed by atoms with Gasteiger partial charge in [0, 0.05) is 31.0 Å². The molecule has 0 aromatic carbocycles. The highest BCUT2D eigenvalue weighted by atomic mass is 32.1.